The van der Waals surface area contributed by atoms with E-state index in [0.717, 1.165) is 41.8 Å². The number of anilines is 1. The Hall–Kier alpha value is -3.19. The van der Waals surface area contributed by atoms with Crippen molar-refractivity contribution in [3.63, 3.8) is 0 Å². The van der Waals surface area contributed by atoms with Crippen LogP contribution in [0.2, 0.25) is 0 Å². The minimum absolute atomic E-state index is 0.124. The normalized spacial score (nSPS) is 14.9. The van der Waals surface area contributed by atoms with Crippen LogP contribution >= 0.6 is 11.3 Å². The molecule has 3 aromatic rings. The molecular weight excluding hydrogens is 458 g/mol. The van der Waals surface area contributed by atoms with Crippen LogP contribution in [0.5, 0.6) is 5.75 Å². The van der Waals surface area contributed by atoms with E-state index in [0.29, 0.717) is 22.0 Å². The van der Waals surface area contributed by atoms with Crippen LogP contribution in [0, 0.1) is 20.8 Å². The van der Waals surface area contributed by atoms with Gasteiger partial charge in [0.2, 0.25) is 5.91 Å². The summed E-state index contributed by atoms with van der Waals surface area (Å²) in [5, 5.41) is 4.08. The zero-order chi connectivity index (χ0) is 24.9. The number of nitrogens with zero attached hydrogens (tertiary/aromatic N) is 2. The fraction of sp³-hybridized carbons (Fsp3) is 0.393. The molecule has 0 radical (unpaired) electrons. The molecule has 1 saturated carbocycles. The zero-order valence-electron chi connectivity index (χ0n) is 20.8. The van der Waals surface area contributed by atoms with Gasteiger partial charge in [-0.1, -0.05) is 49.1 Å². The number of methoxy groups -OCH3 is 1. The Balaban J connectivity index is 1.81. The van der Waals surface area contributed by atoms with Crippen LogP contribution in [0.1, 0.15) is 69.6 Å². The third-order valence-electron chi connectivity index (χ3n) is 6.52. The van der Waals surface area contributed by atoms with Crippen molar-refractivity contribution >= 4 is 28.8 Å². The standard InChI is InChI=1S/C28H33N3O3S/c1-18-10-14-23(15-11-18)31(28(33)26-19(2)29-20(3)35-26)25(21-12-16-24(34-4)17-13-21)27(32)30-22-8-6-5-7-9-22/h10-17,22,25H,5-9H2,1-4H3,(H,30,32)/t25-/m0/s1. The quantitative estimate of drug-likeness (QED) is 0.446. The maximum atomic E-state index is 14.1. The van der Waals surface area contributed by atoms with Crippen LogP contribution in [0.15, 0.2) is 48.5 Å². The third-order valence-corrected chi connectivity index (χ3v) is 7.58. The Morgan fingerprint density at radius 2 is 1.66 bits per heavy atom. The molecule has 1 heterocycles. The molecule has 1 aliphatic rings. The predicted octanol–water partition coefficient (Wildman–Crippen LogP) is 5.91. The van der Waals surface area contributed by atoms with Gasteiger partial charge in [0.1, 0.15) is 16.7 Å². The summed E-state index contributed by atoms with van der Waals surface area (Å²) in [6.45, 7) is 5.74. The molecule has 2 aromatic carbocycles. The molecule has 1 N–H and O–H groups in total. The summed E-state index contributed by atoms with van der Waals surface area (Å²) >= 11 is 1.36. The fourth-order valence-electron chi connectivity index (χ4n) is 4.66. The van der Waals surface area contributed by atoms with Crippen LogP contribution in [0.4, 0.5) is 5.69 Å². The van der Waals surface area contributed by atoms with Crippen molar-refractivity contribution in [1.82, 2.24) is 10.3 Å². The number of thiazole rings is 1. The number of rotatable bonds is 7. The van der Waals surface area contributed by atoms with Gasteiger partial charge in [-0.25, -0.2) is 4.98 Å². The molecule has 0 unspecified atom stereocenters. The van der Waals surface area contributed by atoms with Crippen molar-refractivity contribution in [1.29, 1.82) is 0 Å². The van der Waals surface area contributed by atoms with Crippen LogP contribution in [0.3, 0.4) is 0 Å². The van der Waals surface area contributed by atoms with Gasteiger partial charge in [0.15, 0.2) is 0 Å². The molecule has 7 heteroatoms. The van der Waals surface area contributed by atoms with Crippen molar-refractivity contribution in [3.8, 4) is 5.75 Å². The van der Waals surface area contributed by atoms with Gasteiger partial charge >= 0.3 is 0 Å². The van der Waals surface area contributed by atoms with Gasteiger partial charge in [0.05, 0.1) is 17.8 Å². The minimum atomic E-state index is -0.833. The van der Waals surface area contributed by atoms with Crippen molar-refractivity contribution in [2.75, 3.05) is 12.0 Å². The number of hydrogen-bond donors (Lipinski definition) is 1. The van der Waals surface area contributed by atoms with Crippen molar-refractivity contribution in [2.24, 2.45) is 0 Å². The van der Waals surface area contributed by atoms with Crippen LogP contribution in [0.25, 0.3) is 0 Å². The molecule has 1 aliphatic carbocycles. The first kappa shape index (κ1) is 24.9. The highest BCUT2D eigenvalue weighted by atomic mass is 32.1. The number of ether oxygens (including phenoxy) is 1. The molecule has 2 amide bonds. The number of carbonyl (C=O) groups is 2. The SMILES string of the molecule is COc1ccc([C@@H](C(=O)NC2CCCCC2)N(C(=O)c2sc(C)nc2C)c2ccc(C)cc2)cc1. The van der Waals surface area contributed by atoms with Gasteiger partial charge in [-0.2, -0.15) is 0 Å². The summed E-state index contributed by atoms with van der Waals surface area (Å²) in [4.78, 5) is 34.7. The summed E-state index contributed by atoms with van der Waals surface area (Å²) in [5.74, 6) is 0.300. The Bertz CT molecular complexity index is 1170. The number of aryl methyl sites for hydroxylation is 3. The lowest BCUT2D eigenvalue weighted by Crippen LogP contribution is -2.47. The zero-order valence-corrected chi connectivity index (χ0v) is 21.7. The van der Waals surface area contributed by atoms with Gasteiger partial charge in [-0.3, -0.25) is 14.5 Å². The van der Waals surface area contributed by atoms with E-state index in [-0.39, 0.29) is 17.9 Å². The molecule has 1 atom stereocenters. The van der Waals surface area contributed by atoms with Gasteiger partial charge < -0.3 is 10.1 Å². The first-order valence-electron chi connectivity index (χ1n) is 12.2. The smallest absolute Gasteiger partial charge is 0.271 e. The molecule has 0 aliphatic heterocycles. The molecule has 4 rings (SSSR count). The lowest BCUT2D eigenvalue weighted by Gasteiger charge is -2.33. The average molecular weight is 492 g/mol. The van der Waals surface area contributed by atoms with Crippen LogP contribution in [-0.2, 0) is 4.79 Å². The maximum absolute atomic E-state index is 14.1. The monoisotopic (exact) mass is 491 g/mol. The number of aromatic nitrogens is 1. The fourth-order valence-corrected chi connectivity index (χ4v) is 5.52. The highest BCUT2D eigenvalue weighted by molar-refractivity contribution is 7.13. The second-order valence-corrected chi connectivity index (χ2v) is 10.4. The summed E-state index contributed by atoms with van der Waals surface area (Å²) in [5.41, 5.74) is 3.16. The first-order valence-corrected chi connectivity index (χ1v) is 13.0. The largest absolute Gasteiger partial charge is 0.497 e. The van der Waals surface area contributed by atoms with E-state index in [9.17, 15) is 9.59 Å². The Morgan fingerprint density at radius 3 is 2.23 bits per heavy atom. The summed E-state index contributed by atoms with van der Waals surface area (Å²) in [6.07, 6.45) is 5.35. The van der Waals surface area contributed by atoms with Crippen molar-refractivity contribution in [2.45, 2.75) is 65.0 Å². The van der Waals surface area contributed by atoms with Crippen molar-refractivity contribution < 1.29 is 14.3 Å². The van der Waals surface area contributed by atoms with E-state index in [1.54, 1.807) is 12.0 Å². The molecule has 184 valence electrons. The van der Waals surface area contributed by atoms with E-state index in [1.165, 1.54) is 17.8 Å². The second-order valence-electron chi connectivity index (χ2n) is 9.18. The second kappa shape index (κ2) is 11.0. The highest BCUT2D eigenvalue weighted by Crippen LogP contribution is 2.33. The third kappa shape index (κ3) is 5.73. The summed E-state index contributed by atoms with van der Waals surface area (Å²) < 4.78 is 5.34. The lowest BCUT2D eigenvalue weighted by atomic mass is 9.94. The Morgan fingerprint density at radius 1 is 1.00 bits per heavy atom. The highest BCUT2D eigenvalue weighted by Gasteiger charge is 2.36. The van der Waals surface area contributed by atoms with Crippen molar-refractivity contribution in [3.05, 3.63) is 75.2 Å². The van der Waals surface area contributed by atoms with E-state index in [2.05, 4.69) is 10.3 Å². The van der Waals surface area contributed by atoms with E-state index in [1.807, 2.05) is 69.3 Å². The predicted molar refractivity (Wildman–Crippen MR) is 140 cm³/mol. The van der Waals surface area contributed by atoms with E-state index >= 15 is 0 Å². The molecule has 1 aromatic heterocycles. The van der Waals surface area contributed by atoms with Gasteiger partial charge in [-0.15, -0.1) is 11.3 Å². The molecule has 35 heavy (non-hydrogen) atoms. The van der Waals surface area contributed by atoms with Crippen LogP contribution in [-0.4, -0.2) is 29.9 Å². The molecule has 0 spiro atoms. The lowest BCUT2D eigenvalue weighted by molar-refractivity contribution is -0.123. The first-order chi connectivity index (χ1) is 16.9. The Labute approximate surface area is 211 Å². The van der Waals surface area contributed by atoms with E-state index < -0.39 is 6.04 Å². The van der Waals surface area contributed by atoms with E-state index in [4.69, 9.17) is 4.74 Å². The molecular formula is C28H33N3O3S. The number of benzene rings is 2. The van der Waals surface area contributed by atoms with Gasteiger partial charge in [0.25, 0.3) is 5.91 Å². The van der Waals surface area contributed by atoms with Gasteiger partial charge in [0, 0.05) is 11.7 Å². The molecule has 0 saturated heterocycles. The summed E-state index contributed by atoms with van der Waals surface area (Å²) in [7, 11) is 1.61. The number of hydrogen-bond acceptors (Lipinski definition) is 5. The number of nitrogens with one attached hydrogen (secondary N) is 1. The summed E-state index contributed by atoms with van der Waals surface area (Å²) in [6, 6.07) is 14.4. The molecule has 1 fully saturated rings. The Kier molecular flexibility index (Phi) is 7.86. The molecule has 0 bridgehead atoms. The average Bonchev–Trinajstić information content (AvgIpc) is 3.21. The minimum Gasteiger partial charge on any atom is -0.497 e. The molecule has 6 nitrogen and oxygen atoms in total. The van der Waals surface area contributed by atoms with Gasteiger partial charge in [-0.05, 0) is 63.4 Å². The maximum Gasteiger partial charge on any atom is 0.271 e. The topological polar surface area (TPSA) is 71.5 Å². The number of amides is 2. The number of carbonyl (C=O) groups excluding carboxylic acids is 2. The van der Waals surface area contributed by atoms with Crippen LogP contribution < -0.4 is 15.0 Å².